The van der Waals surface area contributed by atoms with Gasteiger partial charge < -0.3 is 14.6 Å². The summed E-state index contributed by atoms with van der Waals surface area (Å²) >= 11 is 4.77. The predicted octanol–water partition coefficient (Wildman–Crippen LogP) is 3.17. The molecule has 0 fully saturated rings. The van der Waals surface area contributed by atoms with Gasteiger partial charge >= 0.3 is 6.16 Å². The molecule has 0 radical (unpaired) electrons. The van der Waals surface area contributed by atoms with E-state index in [1.807, 2.05) is 6.92 Å². The highest BCUT2D eigenvalue weighted by molar-refractivity contribution is 9.10. The number of carboxylic acid groups (broad SMARTS) is 1. The molecule has 0 spiro atoms. The maximum atomic E-state index is 11.9. The molecule has 1 atom stereocenters. The minimum Gasteiger partial charge on any atom is -0.449 e. The smallest absolute Gasteiger partial charge is 0.449 e. The molecular weight excluding hydrogens is 324 g/mol. The van der Waals surface area contributed by atoms with Crippen LogP contribution in [0.1, 0.15) is 16.7 Å². The molecule has 1 aromatic rings. The Balaban J connectivity index is 2.29. The monoisotopic (exact) mass is 332 g/mol. The molecule has 7 heteroatoms. The second kappa shape index (κ2) is 4.40. The number of ether oxygens (including phenoxy) is 2. The molecule has 96 valence electrons. The molecule has 0 saturated carbocycles. The van der Waals surface area contributed by atoms with E-state index in [2.05, 4.69) is 20.7 Å². The van der Waals surface area contributed by atoms with Crippen LogP contribution in [0.4, 0.5) is 4.79 Å². The maximum absolute atomic E-state index is 11.9. The lowest BCUT2D eigenvalue weighted by molar-refractivity contribution is -0.132. The number of hydrogen-bond donors (Lipinski definition) is 1. The average molecular weight is 333 g/mol. The lowest BCUT2D eigenvalue weighted by atomic mass is 10.0. The molecular formula is C11H9BrO5S. The van der Waals surface area contributed by atoms with E-state index in [1.54, 1.807) is 13.0 Å². The quantitative estimate of drug-likeness (QED) is 0.842. The van der Waals surface area contributed by atoms with Crippen LogP contribution >= 0.6 is 27.3 Å². The first-order chi connectivity index (χ1) is 8.33. The second-order valence-corrected chi connectivity index (χ2v) is 5.96. The fourth-order valence-electron chi connectivity index (χ4n) is 1.53. The Morgan fingerprint density at radius 3 is 2.78 bits per heavy atom. The van der Waals surface area contributed by atoms with Crippen LogP contribution in [0.25, 0.3) is 0 Å². The zero-order valence-corrected chi connectivity index (χ0v) is 11.9. The van der Waals surface area contributed by atoms with Crippen molar-refractivity contribution in [3.05, 3.63) is 32.3 Å². The van der Waals surface area contributed by atoms with Crippen LogP contribution < -0.4 is 0 Å². The highest BCUT2D eigenvalue weighted by Crippen LogP contribution is 2.41. The zero-order chi connectivity index (χ0) is 13.5. The van der Waals surface area contributed by atoms with Gasteiger partial charge in [-0.05, 0) is 35.8 Å². The van der Waals surface area contributed by atoms with Gasteiger partial charge in [-0.25, -0.2) is 4.79 Å². The fraction of sp³-hybridized carbons (Fsp3) is 0.273. The van der Waals surface area contributed by atoms with Gasteiger partial charge in [0.2, 0.25) is 11.4 Å². The molecule has 0 aromatic carbocycles. The van der Waals surface area contributed by atoms with Crippen LogP contribution in [0, 0.1) is 6.92 Å². The van der Waals surface area contributed by atoms with Crippen molar-refractivity contribution >= 4 is 39.2 Å². The Morgan fingerprint density at radius 1 is 1.61 bits per heavy atom. The number of thiophene rings is 1. The Labute approximate surface area is 115 Å². The molecule has 18 heavy (non-hydrogen) atoms. The molecule has 0 bridgehead atoms. The maximum Gasteiger partial charge on any atom is 0.513 e. The van der Waals surface area contributed by atoms with Gasteiger partial charge in [-0.1, -0.05) is 0 Å². The number of hydrogen-bond acceptors (Lipinski definition) is 5. The van der Waals surface area contributed by atoms with E-state index in [4.69, 9.17) is 9.84 Å². The number of ketones is 1. The van der Waals surface area contributed by atoms with E-state index in [0.29, 0.717) is 4.88 Å². The molecule has 0 saturated heterocycles. The normalized spacial score (nSPS) is 22.6. The highest BCUT2D eigenvalue weighted by Gasteiger charge is 2.44. The average Bonchev–Trinajstić information content (AvgIpc) is 2.70. The van der Waals surface area contributed by atoms with E-state index in [0.717, 1.165) is 15.4 Å². The van der Waals surface area contributed by atoms with Crippen molar-refractivity contribution in [2.45, 2.75) is 19.4 Å². The molecule has 1 unspecified atom stereocenters. The molecule has 0 aliphatic carbocycles. The second-order valence-electron chi connectivity index (χ2n) is 3.85. The fourth-order valence-corrected chi connectivity index (χ4v) is 3.15. The first kappa shape index (κ1) is 13.1. The lowest BCUT2D eigenvalue weighted by Gasteiger charge is -2.21. The van der Waals surface area contributed by atoms with Crippen molar-refractivity contribution in [3.63, 3.8) is 0 Å². The van der Waals surface area contributed by atoms with E-state index < -0.39 is 11.8 Å². The van der Waals surface area contributed by atoms with E-state index in [1.165, 1.54) is 11.3 Å². The van der Waals surface area contributed by atoms with E-state index >= 15 is 0 Å². The summed E-state index contributed by atoms with van der Waals surface area (Å²) in [5.74, 6) is -0.635. The van der Waals surface area contributed by atoms with Crippen LogP contribution in [0.3, 0.4) is 0 Å². The number of carbonyl (C=O) groups excluding carboxylic acids is 1. The summed E-state index contributed by atoms with van der Waals surface area (Å²) in [5, 5.41) is 8.49. The summed E-state index contributed by atoms with van der Waals surface area (Å²) in [4.78, 5) is 24.0. The Morgan fingerprint density at radius 2 is 2.28 bits per heavy atom. The van der Waals surface area contributed by atoms with E-state index in [9.17, 15) is 9.59 Å². The minimum atomic E-state index is -1.51. The van der Waals surface area contributed by atoms with Gasteiger partial charge in [0.15, 0.2) is 0 Å². The summed E-state index contributed by atoms with van der Waals surface area (Å²) in [7, 11) is 0. The number of aryl methyl sites for hydroxylation is 1. The predicted molar refractivity (Wildman–Crippen MR) is 67.4 cm³/mol. The topological polar surface area (TPSA) is 72.8 Å². The van der Waals surface area contributed by atoms with Gasteiger partial charge in [0.25, 0.3) is 5.95 Å². The van der Waals surface area contributed by atoms with Crippen LogP contribution in [0.2, 0.25) is 0 Å². The van der Waals surface area contributed by atoms with Crippen molar-refractivity contribution in [2.75, 3.05) is 0 Å². The summed E-state index contributed by atoms with van der Waals surface area (Å²) in [6, 6.07) is 1.79. The molecule has 1 aliphatic heterocycles. The Bertz CT molecular complexity index is 542. The van der Waals surface area contributed by atoms with Crippen LogP contribution in [-0.2, 0) is 19.9 Å². The first-order valence-corrected chi connectivity index (χ1v) is 6.56. The highest BCUT2D eigenvalue weighted by atomic mass is 79.9. The SMILES string of the molecule is Cc1sc(C2(C)OC(OC(=O)O)=CC2=O)cc1Br. The Hall–Kier alpha value is -1.34. The van der Waals surface area contributed by atoms with Crippen molar-refractivity contribution < 1.29 is 24.2 Å². The summed E-state index contributed by atoms with van der Waals surface area (Å²) < 4.78 is 10.6. The van der Waals surface area contributed by atoms with E-state index in [-0.39, 0.29) is 11.7 Å². The first-order valence-electron chi connectivity index (χ1n) is 4.95. The molecule has 5 nitrogen and oxygen atoms in total. The summed E-state index contributed by atoms with van der Waals surface area (Å²) in [6.45, 7) is 3.49. The molecule has 1 N–H and O–H groups in total. The van der Waals surface area contributed by atoms with Crippen molar-refractivity contribution in [1.82, 2.24) is 0 Å². The third-order valence-corrected chi connectivity index (χ3v) is 4.88. The van der Waals surface area contributed by atoms with Gasteiger partial charge in [0.1, 0.15) is 0 Å². The third-order valence-electron chi connectivity index (χ3n) is 2.54. The van der Waals surface area contributed by atoms with Gasteiger partial charge in [-0.15, -0.1) is 11.3 Å². The zero-order valence-electron chi connectivity index (χ0n) is 9.52. The number of rotatable bonds is 2. The van der Waals surface area contributed by atoms with Gasteiger partial charge in [0, 0.05) is 9.35 Å². The van der Waals surface area contributed by atoms with Crippen LogP contribution in [0.5, 0.6) is 0 Å². The largest absolute Gasteiger partial charge is 0.513 e. The van der Waals surface area contributed by atoms with Crippen molar-refractivity contribution in [1.29, 1.82) is 0 Å². The van der Waals surface area contributed by atoms with Crippen LogP contribution in [0.15, 0.2) is 22.6 Å². The van der Waals surface area contributed by atoms with Crippen molar-refractivity contribution in [2.24, 2.45) is 0 Å². The van der Waals surface area contributed by atoms with Gasteiger partial charge in [0.05, 0.1) is 11.0 Å². The lowest BCUT2D eigenvalue weighted by Crippen LogP contribution is -2.28. The Kier molecular flexibility index (Phi) is 3.20. The summed E-state index contributed by atoms with van der Waals surface area (Å²) in [5.41, 5.74) is -1.22. The molecule has 2 heterocycles. The number of carbonyl (C=O) groups is 2. The van der Waals surface area contributed by atoms with Crippen LogP contribution in [-0.4, -0.2) is 17.0 Å². The third kappa shape index (κ3) is 2.15. The molecule has 0 amide bonds. The summed E-state index contributed by atoms with van der Waals surface area (Å²) in [6.07, 6.45) is -0.460. The van der Waals surface area contributed by atoms with Gasteiger partial charge in [-0.3, -0.25) is 4.79 Å². The van der Waals surface area contributed by atoms with Crippen molar-refractivity contribution in [3.8, 4) is 0 Å². The minimum absolute atomic E-state index is 0.294. The molecule has 2 rings (SSSR count). The van der Waals surface area contributed by atoms with Gasteiger partial charge in [-0.2, -0.15) is 0 Å². The standard InChI is InChI=1S/C11H9BrO5S/c1-5-6(12)3-8(18-5)11(2)7(13)4-9(17-11)16-10(14)15/h3-4H,1-2H3,(H,14,15). The number of halogens is 1. The molecule has 1 aliphatic rings. The molecule has 1 aromatic heterocycles.